The number of hydrogen-bond donors (Lipinski definition) is 3. The Morgan fingerprint density at radius 3 is 2.06 bits per heavy atom. The number of hydrogen-bond acceptors (Lipinski definition) is 10. The molecule has 1 aromatic rings. The van der Waals surface area contributed by atoms with E-state index in [4.69, 9.17) is 29.4 Å². The first kappa shape index (κ1) is 29.5. The Balaban J connectivity index is 1.42. The fourth-order valence-corrected chi connectivity index (χ4v) is 3.90. The Morgan fingerprint density at radius 2 is 1.54 bits per heavy atom. The number of ether oxygens (including phenoxy) is 5. The first-order valence-electron chi connectivity index (χ1n) is 12.1. The molecule has 0 saturated heterocycles. The third-order valence-corrected chi connectivity index (χ3v) is 5.83. The molecule has 0 spiro atoms. The number of nitrogens with two attached hydrogens (primary N) is 1. The highest BCUT2D eigenvalue weighted by Gasteiger charge is 2.18. The van der Waals surface area contributed by atoms with Gasteiger partial charge < -0.3 is 40.1 Å². The van der Waals surface area contributed by atoms with Crippen molar-refractivity contribution in [1.82, 2.24) is 5.32 Å². The molecule has 1 heterocycles. The summed E-state index contributed by atoms with van der Waals surface area (Å²) < 4.78 is 27.1. The third kappa shape index (κ3) is 13.2. The molecule has 0 bridgehead atoms. The summed E-state index contributed by atoms with van der Waals surface area (Å²) in [7, 11) is 0. The van der Waals surface area contributed by atoms with Crippen molar-refractivity contribution in [3.05, 3.63) is 29.3 Å². The molecular formula is C24H40N4O6S. The van der Waals surface area contributed by atoms with Crippen LogP contribution < -0.4 is 16.4 Å². The van der Waals surface area contributed by atoms with Crippen LogP contribution >= 0.6 is 11.8 Å². The third-order valence-electron chi connectivity index (χ3n) is 4.82. The summed E-state index contributed by atoms with van der Waals surface area (Å²) in [5.74, 6) is -0.124. The predicted octanol–water partition coefficient (Wildman–Crippen LogP) is 1.67. The minimum absolute atomic E-state index is 0.124. The number of aliphatic imine (C=N–C) groups is 1. The van der Waals surface area contributed by atoms with Crippen molar-refractivity contribution >= 4 is 28.5 Å². The first-order chi connectivity index (χ1) is 17.1. The summed E-state index contributed by atoms with van der Waals surface area (Å²) in [6, 6.07) is 5.69. The number of amidine groups is 1. The van der Waals surface area contributed by atoms with E-state index in [0.717, 1.165) is 17.8 Å². The van der Waals surface area contributed by atoms with Crippen LogP contribution in [0.5, 0.6) is 0 Å². The number of rotatable bonds is 19. The molecule has 0 radical (unpaired) electrons. The number of anilines is 1. The summed E-state index contributed by atoms with van der Waals surface area (Å²) in [5, 5.41) is 7.31. The fraction of sp³-hybridized carbons (Fsp3) is 0.667. The number of thioether (sulfide) groups is 1. The molecule has 1 aromatic carbocycles. The minimum Gasteiger partial charge on any atom is -0.383 e. The largest absolute Gasteiger partial charge is 0.383 e. The van der Waals surface area contributed by atoms with Crippen LogP contribution in [0.2, 0.25) is 0 Å². The van der Waals surface area contributed by atoms with Crippen molar-refractivity contribution in [2.45, 2.75) is 19.1 Å². The first-order valence-corrected chi connectivity index (χ1v) is 12.9. The van der Waals surface area contributed by atoms with Gasteiger partial charge in [0.05, 0.1) is 72.6 Å². The number of carbonyl (C=O) groups excluding carboxylic acids is 1. The Labute approximate surface area is 212 Å². The highest BCUT2D eigenvalue weighted by atomic mass is 32.2. The highest BCUT2D eigenvalue weighted by Crippen LogP contribution is 2.20. The molecule has 11 heteroatoms. The maximum absolute atomic E-state index is 12.5. The van der Waals surface area contributed by atoms with Gasteiger partial charge in [-0.05, 0) is 30.7 Å². The van der Waals surface area contributed by atoms with E-state index in [-0.39, 0.29) is 5.91 Å². The van der Waals surface area contributed by atoms with Crippen LogP contribution in [0.1, 0.15) is 22.8 Å². The zero-order valence-corrected chi connectivity index (χ0v) is 21.7. The van der Waals surface area contributed by atoms with E-state index in [9.17, 15) is 4.79 Å². The molecule has 0 aromatic heterocycles. The van der Waals surface area contributed by atoms with E-state index < -0.39 is 0 Å². The summed E-state index contributed by atoms with van der Waals surface area (Å²) in [6.07, 6.45) is 0. The maximum Gasteiger partial charge on any atom is 0.257 e. The van der Waals surface area contributed by atoms with Gasteiger partial charge in [0.1, 0.15) is 0 Å². The van der Waals surface area contributed by atoms with E-state index in [0.29, 0.717) is 95.1 Å². The Bertz CT molecular complexity index is 768. The average Bonchev–Trinajstić information content (AvgIpc) is 3.25. The van der Waals surface area contributed by atoms with Crippen LogP contribution in [0.3, 0.4) is 0 Å². The Hall–Kier alpha value is -1.73. The van der Waals surface area contributed by atoms with E-state index >= 15 is 0 Å². The van der Waals surface area contributed by atoms with Crippen LogP contribution in [0.25, 0.3) is 0 Å². The van der Waals surface area contributed by atoms with Crippen LogP contribution in [-0.4, -0.2) is 102 Å². The SMILES string of the molecule is Cc1cc(NCCOCCOCCOCCOCCOCCN)ccc1C(=O)NC1=NCC(C)S1. The van der Waals surface area contributed by atoms with Gasteiger partial charge in [-0.2, -0.15) is 0 Å². The molecule has 198 valence electrons. The topological polar surface area (TPSA) is 126 Å². The van der Waals surface area contributed by atoms with Gasteiger partial charge in [0.2, 0.25) is 0 Å². The molecule has 4 N–H and O–H groups in total. The highest BCUT2D eigenvalue weighted by molar-refractivity contribution is 8.14. The molecule has 35 heavy (non-hydrogen) atoms. The summed E-state index contributed by atoms with van der Waals surface area (Å²) in [6.45, 7) is 11.3. The molecule has 10 nitrogen and oxygen atoms in total. The fourth-order valence-electron chi connectivity index (χ4n) is 3.07. The van der Waals surface area contributed by atoms with Gasteiger partial charge in [-0.25, -0.2) is 0 Å². The Morgan fingerprint density at radius 1 is 0.971 bits per heavy atom. The Kier molecular flexibility index (Phi) is 15.6. The van der Waals surface area contributed by atoms with Gasteiger partial charge in [-0.15, -0.1) is 0 Å². The average molecular weight is 513 g/mol. The number of benzene rings is 1. The zero-order chi connectivity index (χ0) is 25.1. The summed E-state index contributed by atoms with van der Waals surface area (Å²) >= 11 is 1.59. The quantitative estimate of drug-likeness (QED) is 0.237. The van der Waals surface area contributed by atoms with Crippen LogP contribution in [-0.2, 0) is 23.7 Å². The molecule has 2 rings (SSSR count). The number of amides is 1. The maximum atomic E-state index is 12.5. The van der Waals surface area contributed by atoms with E-state index in [1.807, 2.05) is 25.1 Å². The van der Waals surface area contributed by atoms with Crippen LogP contribution in [0, 0.1) is 6.92 Å². The lowest BCUT2D eigenvalue weighted by atomic mass is 10.1. The summed E-state index contributed by atoms with van der Waals surface area (Å²) in [5.41, 5.74) is 7.83. The van der Waals surface area contributed by atoms with Gasteiger partial charge in [-0.3, -0.25) is 9.79 Å². The van der Waals surface area contributed by atoms with Crippen molar-refractivity contribution in [3.8, 4) is 0 Å². The second-order valence-electron chi connectivity index (χ2n) is 7.84. The molecule has 0 saturated carbocycles. The van der Waals surface area contributed by atoms with Crippen LogP contribution in [0.15, 0.2) is 23.2 Å². The van der Waals surface area contributed by atoms with Crippen molar-refractivity contribution in [2.24, 2.45) is 10.7 Å². The molecule has 1 aliphatic heterocycles. The van der Waals surface area contributed by atoms with Gasteiger partial charge >= 0.3 is 0 Å². The zero-order valence-electron chi connectivity index (χ0n) is 20.9. The van der Waals surface area contributed by atoms with Crippen LogP contribution in [0.4, 0.5) is 5.69 Å². The second kappa shape index (κ2) is 18.5. The molecule has 1 aliphatic rings. The normalized spacial score (nSPS) is 15.3. The van der Waals surface area contributed by atoms with Crippen molar-refractivity contribution in [1.29, 1.82) is 0 Å². The number of carbonyl (C=O) groups is 1. The molecule has 1 amide bonds. The smallest absolute Gasteiger partial charge is 0.257 e. The lowest BCUT2D eigenvalue weighted by molar-refractivity contribution is -0.00985. The van der Waals surface area contributed by atoms with Crippen molar-refractivity contribution in [2.75, 3.05) is 91.0 Å². The number of aryl methyl sites for hydroxylation is 1. The van der Waals surface area contributed by atoms with E-state index in [1.54, 1.807) is 11.8 Å². The molecule has 1 atom stereocenters. The minimum atomic E-state index is -0.124. The van der Waals surface area contributed by atoms with Gasteiger partial charge in [0.25, 0.3) is 5.91 Å². The standard InChI is InChI=1S/C24H40N4O6S/c1-19-17-21(3-4-22(19)23(29)28-24-27-18-20(2)35-24)26-6-8-31-10-12-33-14-16-34-15-13-32-11-9-30-7-5-25/h3-4,17,20,26H,5-16,18,25H2,1-2H3,(H,27,28,29). The molecule has 0 aliphatic carbocycles. The lowest BCUT2D eigenvalue weighted by Gasteiger charge is -2.11. The second-order valence-corrected chi connectivity index (χ2v) is 9.26. The van der Waals surface area contributed by atoms with Gasteiger partial charge in [0.15, 0.2) is 5.17 Å². The molecule has 1 unspecified atom stereocenters. The number of nitrogens with zero attached hydrogens (tertiary/aromatic N) is 1. The van der Waals surface area contributed by atoms with Crippen molar-refractivity contribution < 1.29 is 28.5 Å². The van der Waals surface area contributed by atoms with E-state index in [1.165, 1.54) is 0 Å². The van der Waals surface area contributed by atoms with E-state index in [2.05, 4.69) is 22.5 Å². The summed E-state index contributed by atoms with van der Waals surface area (Å²) in [4.78, 5) is 16.8. The van der Waals surface area contributed by atoms with Gasteiger partial charge in [-0.1, -0.05) is 18.7 Å². The monoisotopic (exact) mass is 512 g/mol. The lowest BCUT2D eigenvalue weighted by Crippen LogP contribution is -2.28. The molecular weight excluding hydrogens is 472 g/mol. The predicted molar refractivity (Wildman–Crippen MR) is 140 cm³/mol. The van der Waals surface area contributed by atoms with Crippen molar-refractivity contribution in [3.63, 3.8) is 0 Å². The number of nitrogens with one attached hydrogen (secondary N) is 2. The molecule has 0 fully saturated rings. The van der Waals surface area contributed by atoms with Gasteiger partial charge in [0, 0.05) is 29.6 Å².